The minimum absolute atomic E-state index is 0.603. The smallest absolute Gasteiger partial charge is 0.0412 e. The molecule has 1 fully saturated rings. The van der Waals surface area contributed by atoms with Gasteiger partial charge in [-0.15, -0.1) is 0 Å². The first kappa shape index (κ1) is 17.4. The van der Waals surface area contributed by atoms with E-state index in [0.717, 1.165) is 6.54 Å². The molecule has 1 aromatic carbocycles. The van der Waals surface area contributed by atoms with Crippen molar-refractivity contribution in [2.45, 2.75) is 40.2 Å². The molecule has 0 radical (unpaired) electrons. The zero-order chi connectivity index (χ0) is 15.0. The van der Waals surface area contributed by atoms with E-state index in [4.69, 9.17) is 0 Å². The summed E-state index contributed by atoms with van der Waals surface area (Å²) < 4.78 is 0. The molecule has 0 aromatic heterocycles. The molecule has 1 heterocycles. The van der Waals surface area contributed by atoms with Gasteiger partial charge in [-0.3, -0.25) is 0 Å². The number of nitrogens with zero attached hydrogens (tertiary/aromatic N) is 1. The second-order valence-corrected chi connectivity index (χ2v) is 6.40. The van der Waals surface area contributed by atoms with Gasteiger partial charge >= 0.3 is 0 Å². The van der Waals surface area contributed by atoms with Gasteiger partial charge in [-0.25, -0.2) is 0 Å². The predicted octanol–water partition coefficient (Wildman–Crippen LogP) is 4.11. The van der Waals surface area contributed by atoms with Gasteiger partial charge in [0.25, 0.3) is 0 Å². The maximum atomic E-state index is 3.30. The summed E-state index contributed by atoms with van der Waals surface area (Å²) in [6.45, 7) is 11.8. The molecular weight excluding hydrogens is 264 g/mol. The Hall–Kier alpha value is -0.670. The van der Waals surface area contributed by atoms with Crippen molar-refractivity contribution in [2.24, 2.45) is 0 Å². The summed E-state index contributed by atoms with van der Waals surface area (Å²) in [5.74, 6) is 3.11. The third kappa shape index (κ3) is 4.71. The van der Waals surface area contributed by atoms with Crippen LogP contribution in [0.2, 0.25) is 0 Å². The monoisotopic (exact) mass is 294 g/mol. The van der Waals surface area contributed by atoms with Crippen molar-refractivity contribution < 1.29 is 0 Å². The van der Waals surface area contributed by atoms with E-state index in [1.807, 2.05) is 20.9 Å². The molecule has 3 heteroatoms. The van der Waals surface area contributed by atoms with E-state index in [2.05, 4.69) is 54.0 Å². The predicted molar refractivity (Wildman–Crippen MR) is 94.2 cm³/mol. The van der Waals surface area contributed by atoms with Crippen molar-refractivity contribution in [2.75, 3.05) is 36.5 Å². The van der Waals surface area contributed by atoms with Crippen LogP contribution in [0.3, 0.4) is 0 Å². The van der Waals surface area contributed by atoms with Crippen molar-refractivity contribution in [3.63, 3.8) is 0 Å². The molecule has 114 valence electrons. The quantitative estimate of drug-likeness (QED) is 0.899. The lowest BCUT2D eigenvalue weighted by Gasteiger charge is -2.31. The summed E-state index contributed by atoms with van der Waals surface area (Å²) >= 11 is 2.06. The fourth-order valence-corrected chi connectivity index (χ4v) is 3.31. The van der Waals surface area contributed by atoms with Crippen molar-refractivity contribution in [3.8, 4) is 0 Å². The summed E-state index contributed by atoms with van der Waals surface area (Å²) in [5.41, 5.74) is 4.31. The minimum atomic E-state index is 0.603. The molecular formula is C17H30N2S. The van der Waals surface area contributed by atoms with Crippen LogP contribution in [-0.2, 0) is 6.54 Å². The van der Waals surface area contributed by atoms with Crippen molar-refractivity contribution >= 4 is 17.4 Å². The van der Waals surface area contributed by atoms with Crippen molar-refractivity contribution in [1.29, 1.82) is 0 Å². The lowest BCUT2D eigenvalue weighted by atomic mass is 9.99. The number of anilines is 1. The third-order valence-corrected chi connectivity index (χ3v) is 4.43. The molecule has 1 aliphatic heterocycles. The largest absolute Gasteiger partial charge is 0.370 e. The molecule has 1 saturated heterocycles. The van der Waals surface area contributed by atoms with Gasteiger partial charge < -0.3 is 10.2 Å². The van der Waals surface area contributed by atoms with E-state index in [0.29, 0.717) is 5.92 Å². The fourth-order valence-electron chi connectivity index (χ4n) is 2.41. The highest BCUT2D eigenvalue weighted by Crippen LogP contribution is 2.27. The van der Waals surface area contributed by atoms with E-state index in [1.54, 1.807) is 0 Å². The Morgan fingerprint density at radius 1 is 1.20 bits per heavy atom. The van der Waals surface area contributed by atoms with Gasteiger partial charge in [0.05, 0.1) is 0 Å². The molecule has 0 saturated carbocycles. The maximum absolute atomic E-state index is 3.30. The zero-order valence-corrected chi connectivity index (χ0v) is 14.5. The van der Waals surface area contributed by atoms with Crippen LogP contribution in [0.15, 0.2) is 18.2 Å². The van der Waals surface area contributed by atoms with E-state index in [9.17, 15) is 0 Å². The Bertz CT molecular complexity index is 385. The Balaban J connectivity index is 0.000000956. The number of thioether (sulfide) groups is 1. The second kappa shape index (κ2) is 9.30. The average molecular weight is 295 g/mol. The van der Waals surface area contributed by atoms with Gasteiger partial charge in [-0.1, -0.05) is 39.8 Å². The molecule has 0 aliphatic carbocycles. The normalized spacial score (nSPS) is 15.0. The highest BCUT2D eigenvalue weighted by molar-refractivity contribution is 7.99. The second-order valence-electron chi connectivity index (χ2n) is 5.17. The Morgan fingerprint density at radius 2 is 1.85 bits per heavy atom. The number of hydrogen-bond acceptors (Lipinski definition) is 3. The summed E-state index contributed by atoms with van der Waals surface area (Å²) in [7, 11) is 2.03. The summed E-state index contributed by atoms with van der Waals surface area (Å²) in [6.07, 6.45) is 0. The van der Waals surface area contributed by atoms with Gasteiger partial charge in [-0.05, 0) is 30.2 Å². The van der Waals surface area contributed by atoms with Gasteiger partial charge in [0.2, 0.25) is 0 Å². The van der Waals surface area contributed by atoms with Crippen molar-refractivity contribution in [1.82, 2.24) is 5.32 Å². The average Bonchev–Trinajstić information content (AvgIpc) is 2.50. The first-order valence-electron chi connectivity index (χ1n) is 7.82. The molecule has 0 amide bonds. The Kier molecular flexibility index (Phi) is 8.08. The highest BCUT2D eigenvalue weighted by Gasteiger charge is 2.15. The summed E-state index contributed by atoms with van der Waals surface area (Å²) in [5, 5.41) is 3.30. The standard InChI is InChI=1S/C15H24N2S.C2H6/c1-12(2)13-4-5-15(14(10-13)11-16-3)17-6-8-18-9-7-17;1-2/h4-5,10,12,16H,6-9,11H2,1-3H3;1-2H3. The Labute approximate surface area is 129 Å². The zero-order valence-electron chi connectivity index (χ0n) is 13.7. The van der Waals surface area contributed by atoms with Crippen LogP contribution in [0.1, 0.15) is 44.7 Å². The molecule has 1 aliphatic rings. The molecule has 2 rings (SSSR count). The van der Waals surface area contributed by atoms with Gasteiger partial charge in [0, 0.05) is 36.8 Å². The number of nitrogens with one attached hydrogen (secondary N) is 1. The van der Waals surface area contributed by atoms with Crippen LogP contribution in [0.25, 0.3) is 0 Å². The molecule has 0 atom stereocenters. The van der Waals surface area contributed by atoms with Crippen LogP contribution < -0.4 is 10.2 Å². The van der Waals surface area contributed by atoms with E-state index in [-0.39, 0.29) is 0 Å². The topological polar surface area (TPSA) is 15.3 Å². The lowest BCUT2D eigenvalue weighted by molar-refractivity contribution is 0.785. The number of rotatable bonds is 4. The SMILES string of the molecule is CC.CNCc1cc(C(C)C)ccc1N1CCSCC1. The number of hydrogen-bond donors (Lipinski definition) is 1. The molecule has 1 N–H and O–H groups in total. The molecule has 0 bridgehead atoms. The maximum Gasteiger partial charge on any atom is 0.0412 e. The molecule has 20 heavy (non-hydrogen) atoms. The molecule has 0 unspecified atom stereocenters. The fraction of sp³-hybridized carbons (Fsp3) is 0.647. The van der Waals surface area contributed by atoms with Crippen LogP contribution in [0, 0.1) is 0 Å². The summed E-state index contributed by atoms with van der Waals surface area (Å²) in [4.78, 5) is 2.54. The molecule has 1 aromatic rings. The number of benzene rings is 1. The molecule has 2 nitrogen and oxygen atoms in total. The Morgan fingerprint density at radius 3 is 2.40 bits per heavy atom. The van der Waals surface area contributed by atoms with Crippen LogP contribution in [-0.4, -0.2) is 31.6 Å². The van der Waals surface area contributed by atoms with Crippen LogP contribution in [0.5, 0.6) is 0 Å². The first-order valence-corrected chi connectivity index (χ1v) is 8.98. The van der Waals surface area contributed by atoms with Gasteiger partial charge in [-0.2, -0.15) is 11.8 Å². The molecule has 0 spiro atoms. The highest BCUT2D eigenvalue weighted by atomic mass is 32.2. The minimum Gasteiger partial charge on any atom is -0.370 e. The first-order chi connectivity index (χ1) is 9.72. The van der Waals surface area contributed by atoms with Crippen LogP contribution in [0.4, 0.5) is 5.69 Å². The van der Waals surface area contributed by atoms with E-state index >= 15 is 0 Å². The summed E-state index contributed by atoms with van der Waals surface area (Å²) in [6, 6.07) is 6.98. The van der Waals surface area contributed by atoms with Crippen molar-refractivity contribution in [3.05, 3.63) is 29.3 Å². The van der Waals surface area contributed by atoms with Gasteiger partial charge in [0.1, 0.15) is 0 Å². The van der Waals surface area contributed by atoms with E-state index < -0.39 is 0 Å². The lowest BCUT2D eigenvalue weighted by Crippen LogP contribution is -2.33. The van der Waals surface area contributed by atoms with Crippen LogP contribution >= 0.6 is 11.8 Å². The van der Waals surface area contributed by atoms with E-state index in [1.165, 1.54) is 41.4 Å². The van der Waals surface area contributed by atoms with Gasteiger partial charge in [0.15, 0.2) is 0 Å². The third-order valence-electron chi connectivity index (χ3n) is 3.49.